The normalized spacial score (nSPS) is 10.2. The number of hydrogen-bond acceptors (Lipinski definition) is 4. The lowest BCUT2D eigenvalue weighted by molar-refractivity contribution is -0.149. The van der Waals surface area contributed by atoms with Crippen LogP contribution < -0.4 is 10.5 Å². The SMILES string of the molecule is Cc1cc(N)ccc1OCC(=O)OC(C)C. The van der Waals surface area contributed by atoms with Crippen LogP contribution in [0.2, 0.25) is 0 Å². The third-order valence-electron chi connectivity index (χ3n) is 1.91. The lowest BCUT2D eigenvalue weighted by Gasteiger charge is -2.11. The lowest BCUT2D eigenvalue weighted by Crippen LogP contribution is -2.18. The molecule has 0 unspecified atom stereocenters. The van der Waals surface area contributed by atoms with E-state index in [4.69, 9.17) is 15.2 Å². The molecule has 0 fully saturated rings. The van der Waals surface area contributed by atoms with Crippen molar-refractivity contribution in [2.45, 2.75) is 26.9 Å². The minimum atomic E-state index is -0.369. The van der Waals surface area contributed by atoms with Crippen molar-refractivity contribution in [2.24, 2.45) is 0 Å². The third kappa shape index (κ3) is 3.81. The number of nitrogens with two attached hydrogens (primary N) is 1. The Bertz CT molecular complexity index is 375. The van der Waals surface area contributed by atoms with Crippen molar-refractivity contribution in [3.8, 4) is 5.75 Å². The van der Waals surface area contributed by atoms with E-state index in [0.29, 0.717) is 11.4 Å². The molecular weight excluding hydrogens is 206 g/mol. The minimum Gasteiger partial charge on any atom is -0.482 e. The largest absolute Gasteiger partial charge is 0.482 e. The third-order valence-corrected chi connectivity index (χ3v) is 1.91. The molecule has 0 bridgehead atoms. The number of nitrogen functional groups attached to an aromatic ring is 1. The summed E-state index contributed by atoms with van der Waals surface area (Å²) in [7, 11) is 0. The highest BCUT2D eigenvalue weighted by Crippen LogP contribution is 2.19. The summed E-state index contributed by atoms with van der Waals surface area (Å²) in [4.78, 5) is 11.2. The zero-order chi connectivity index (χ0) is 12.1. The van der Waals surface area contributed by atoms with Gasteiger partial charge in [0.2, 0.25) is 0 Å². The molecule has 0 radical (unpaired) electrons. The van der Waals surface area contributed by atoms with Crippen molar-refractivity contribution in [1.29, 1.82) is 0 Å². The van der Waals surface area contributed by atoms with Crippen LogP contribution in [0.1, 0.15) is 19.4 Å². The lowest BCUT2D eigenvalue weighted by atomic mass is 10.2. The van der Waals surface area contributed by atoms with Gasteiger partial charge in [0.15, 0.2) is 6.61 Å². The second-order valence-electron chi connectivity index (χ2n) is 3.85. The first-order valence-corrected chi connectivity index (χ1v) is 5.17. The van der Waals surface area contributed by atoms with Gasteiger partial charge in [0.1, 0.15) is 5.75 Å². The number of carbonyl (C=O) groups excluding carboxylic acids is 1. The number of anilines is 1. The fraction of sp³-hybridized carbons (Fsp3) is 0.417. The van der Waals surface area contributed by atoms with Crippen LogP contribution in [-0.4, -0.2) is 18.7 Å². The summed E-state index contributed by atoms with van der Waals surface area (Å²) >= 11 is 0. The van der Waals surface area contributed by atoms with E-state index in [1.807, 2.05) is 6.92 Å². The van der Waals surface area contributed by atoms with Crippen molar-refractivity contribution in [3.63, 3.8) is 0 Å². The molecule has 16 heavy (non-hydrogen) atoms. The highest BCUT2D eigenvalue weighted by Gasteiger charge is 2.07. The Labute approximate surface area is 95.3 Å². The molecule has 0 spiro atoms. The molecule has 1 aromatic rings. The molecule has 0 aliphatic carbocycles. The Kier molecular flexibility index (Phi) is 4.17. The fourth-order valence-corrected chi connectivity index (χ4v) is 1.27. The van der Waals surface area contributed by atoms with Crippen LogP contribution in [0.15, 0.2) is 18.2 Å². The number of rotatable bonds is 4. The fourth-order valence-electron chi connectivity index (χ4n) is 1.27. The number of esters is 1. The average molecular weight is 223 g/mol. The van der Waals surface area contributed by atoms with Crippen LogP contribution in [0, 0.1) is 6.92 Å². The second-order valence-corrected chi connectivity index (χ2v) is 3.85. The molecule has 1 rings (SSSR count). The summed E-state index contributed by atoms with van der Waals surface area (Å²) in [5.74, 6) is 0.279. The van der Waals surface area contributed by atoms with Crippen LogP contribution in [0.5, 0.6) is 5.75 Å². The number of carbonyl (C=O) groups is 1. The van der Waals surface area contributed by atoms with Gasteiger partial charge in [-0.25, -0.2) is 4.79 Å². The average Bonchev–Trinajstić information content (AvgIpc) is 2.15. The molecule has 4 heteroatoms. The Morgan fingerprint density at radius 1 is 1.44 bits per heavy atom. The first kappa shape index (κ1) is 12.4. The van der Waals surface area contributed by atoms with Gasteiger partial charge in [0.25, 0.3) is 0 Å². The number of ether oxygens (including phenoxy) is 2. The van der Waals surface area contributed by atoms with Crippen LogP contribution >= 0.6 is 0 Å². The maximum absolute atomic E-state index is 11.2. The summed E-state index contributed by atoms with van der Waals surface area (Å²) in [5.41, 5.74) is 7.18. The molecule has 0 aliphatic heterocycles. The van der Waals surface area contributed by atoms with Gasteiger partial charge in [-0.1, -0.05) is 0 Å². The molecule has 0 amide bonds. The summed E-state index contributed by atoms with van der Waals surface area (Å²) in [6, 6.07) is 5.27. The number of hydrogen-bond donors (Lipinski definition) is 1. The molecule has 4 nitrogen and oxygen atoms in total. The number of benzene rings is 1. The van der Waals surface area contributed by atoms with Gasteiger partial charge in [0, 0.05) is 5.69 Å². The van der Waals surface area contributed by atoms with Crippen molar-refractivity contribution < 1.29 is 14.3 Å². The maximum atomic E-state index is 11.2. The van der Waals surface area contributed by atoms with Gasteiger partial charge in [-0.3, -0.25) is 0 Å². The first-order chi connectivity index (χ1) is 7.49. The summed E-state index contributed by atoms with van der Waals surface area (Å²) in [5, 5.41) is 0. The van der Waals surface area contributed by atoms with E-state index >= 15 is 0 Å². The van der Waals surface area contributed by atoms with Crippen LogP contribution in [-0.2, 0) is 9.53 Å². The molecule has 88 valence electrons. The molecule has 0 heterocycles. The zero-order valence-electron chi connectivity index (χ0n) is 9.82. The molecule has 0 aliphatic rings. The van der Waals surface area contributed by atoms with E-state index in [0.717, 1.165) is 5.56 Å². The monoisotopic (exact) mass is 223 g/mol. The van der Waals surface area contributed by atoms with Crippen molar-refractivity contribution in [3.05, 3.63) is 23.8 Å². The molecular formula is C12H17NO3. The Balaban J connectivity index is 2.51. The Hall–Kier alpha value is -1.71. The topological polar surface area (TPSA) is 61.5 Å². The van der Waals surface area contributed by atoms with E-state index in [1.54, 1.807) is 32.0 Å². The van der Waals surface area contributed by atoms with Crippen LogP contribution in [0.4, 0.5) is 5.69 Å². The van der Waals surface area contributed by atoms with Gasteiger partial charge in [-0.05, 0) is 44.5 Å². The highest BCUT2D eigenvalue weighted by molar-refractivity contribution is 5.71. The second kappa shape index (κ2) is 5.39. The van der Waals surface area contributed by atoms with E-state index in [9.17, 15) is 4.79 Å². The molecule has 0 saturated heterocycles. The zero-order valence-corrected chi connectivity index (χ0v) is 9.82. The first-order valence-electron chi connectivity index (χ1n) is 5.17. The predicted octanol–water partition coefficient (Wildman–Crippen LogP) is 1.91. The standard InChI is InChI=1S/C12H17NO3/c1-8(2)16-12(14)7-15-11-5-4-10(13)6-9(11)3/h4-6,8H,7,13H2,1-3H3. The van der Waals surface area contributed by atoms with Crippen LogP contribution in [0.3, 0.4) is 0 Å². The molecule has 0 saturated carbocycles. The predicted molar refractivity (Wildman–Crippen MR) is 62.3 cm³/mol. The van der Waals surface area contributed by atoms with Crippen molar-refractivity contribution in [2.75, 3.05) is 12.3 Å². The summed E-state index contributed by atoms with van der Waals surface area (Å²) in [6.07, 6.45) is -0.122. The minimum absolute atomic E-state index is 0.0804. The maximum Gasteiger partial charge on any atom is 0.344 e. The van der Waals surface area contributed by atoms with Gasteiger partial charge < -0.3 is 15.2 Å². The van der Waals surface area contributed by atoms with E-state index in [2.05, 4.69) is 0 Å². The number of aryl methyl sites for hydroxylation is 1. The molecule has 0 atom stereocenters. The van der Waals surface area contributed by atoms with Gasteiger partial charge in [0.05, 0.1) is 6.10 Å². The molecule has 2 N–H and O–H groups in total. The Morgan fingerprint density at radius 2 is 2.12 bits per heavy atom. The molecule has 0 aromatic heterocycles. The van der Waals surface area contributed by atoms with E-state index < -0.39 is 0 Å². The van der Waals surface area contributed by atoms with Crippen molar-refractivity contribution in [1.82, 2.24) is 0 Å². The van der Waals surface area contributed by atoms with Gasteiger partial charge in [-0.15, -0.1) is 0 Å². The van der Waals surface area contributed by atoms with E-state index in [-0.39, 0.29) is 18.7 Å². The van der Waals surface area contributed by atoms with Gasteiger partial charge in [-0.2, -0.15) is 0 Å². The highest BCUT2D eigenvalue weighted by atomic mass is 16.6. The summed E-state index contributed by atoms with van der Waals surface area (Å²) in [6.45, 7) is 5.39. The van der Waals surface area contributed by atoms with E-state index in [1.165, 1.54) is 0 Å². The Morgan fingerprint density at radius 3 is 2.69 bits per heavy atom. The smallest absolute Gasteiger partial charge is 0.344 e. The van der Waals surface area contributed by atoms with Crippen LogP contribution in [0.25, 0.3) is 0 Å². The molecule has 1 aromatic carbocycles. The summed E-state index contributed by atoms with van der Waals surface area (Å²) < 4.78 is 10.3. The van der Waals surface area contributed by atoms with Gasteiger partial charge >= 0.3 is 5.97 Å². The quantitative estimate of drug-likeness (QED) is 0.625. The van der Waals surface area contributed by atoms with Crippen molar-refractivity contribution >= 4 is 11.7 Å².